The summed E-state index contributed by atoms with van der Waals surface area (Å²) in [6.45, 7) is 0.148. The molecule has 7 nitrogen and oxygen atoms in total. The monoisotopic (exact) mass is 534 g/mol. The third-order valence-corrected chi connectivity index (χ3v) is 6.96. The normalized spacial score (nSPS) is 15.0. The maximum Gasteiger partial charge on any atom is 0.407 e. The van der Waals surface area contributed by atoms with Crippen LogP contribution in [-0.4, -0.2) is 35.7 Å². The number of anilines is 1. The molecule has 3 aromatic rings. The standard InChI is InChI=1S/C27H23BrN2O5/c28-16-11-12-23(21(13-16)26(32)33)29-25(31)24(15-9-10-15)30-27(34)35-14-22-19-7-3-1-5-17(19)18-6-2-4-8-20(18)22/h1-8,11-13,15,22,24H,9-10,14H2,(H,29,31)(H,30,34)(H,32,33). The van der Waals surface area contributed by atoms with E-state index >= 15 is 0 Å². The van der Waals surface area contributed by atoms with Crippen LogP contribution in [0.15, 0.2) is 71.2 Å². The minimum absolute atomic E-state index is 0.0146. The second-order valence-corrected chi connectivity index (χ2v) is 9.68. The lowest BCUT2D eigenvalue weighted by atomic mass is 9.98. The number of carbonyl (C=O) groups excluding carboxylic acids is 2. The zero-order valence-corrected chi connectivity index (χ0v) is 20.2. The van der Waals surface area contributed by atoms with Gasteiger partial charge in [0.15, 0.2) is 0 Å². The molecule has 1 atom stereocenters. The average molecular weight is 535 g/mol. The van der Waals surface area contributed by atoms with Gasteiger partial charge in [-0.2, -0.15) is 0 Å². The number of nitrogens with one attached hydrogen (secondary N) is 2. The number of carbonyl (C=O) groups is 3. The van der Waals surface area contributed by atoms with E-state index in [2.05, 4.69) is 38.7 Å². The summed E-state index contributed by atoms with van der Waals surface area (Å²) in [6.07, 6.45) is 0.926. The number of amides is 2. The Morgan fingerprint density at radius 1 is 0.971 bits per heavy atom. The maximum absolute atomic E-state index is 13.0. The highest BCUT2D eigenvalue weighted by Crippen LogP contribution is 2.44. The summed E-state index contributed by atoms with van der Waals surface area (Å²) in [4.78, 5) is 37.3. The second kappa shape index (κ2) is 9.54. The fourth-order valence-corrected chi connectivity index (χ4v) is 4.97. The highest BCUT2D eigenvalue weighted by atomic mass is 79.9. The topological polar surface area (TPSA) is 105 Å². The minimum Gasteiger partial charge on any atom is -0.478 e. The average Bonchev–Trinajstić information content (AvgIpc) is 3.64. The lowest BCUT2D eigenvalue weighted by molar-refractivity contribution is -0.118. The fourth-order valence-electron chi connectivity index (χ4n) is 4.61. The predicted molar refractivity (Wildman–Crippen MR) is 134 cm³/mol. The molecule has 0 bridgehead atoms. The van der Waals surface area contributed by atoms with Crippen molar-refractivity contribution in [3.8, 4) is 11.1 Å². The first-order valence-electron chi connectivity index (χ1n) is 11.4. The van der Waals surface area contributed by atoms with Gasteiger partial charge in [0.25, 0.3) is 0 Å². The summed E-state index contributed by atoms with van der Waals surface area (Å²) in [5.41, 5.74) is 4.62. The molecule has 0 aromatic heterocycles. The maximum atomic E-state index is 13.0. The van der Waals surface area contributed by atoms with Crippen LogP contribution in [-0.2, 0) is 9.53 Å². The molecule has 3 N–H and O–H groups in total. The van der Waals surface area contributed by atoms with Crippen molar-refractivity contribution in [1.29, 1.82) is 0 Å². The van der Waals surface area contributed by atoms with Crippen LogP contribution in [0.1, 0.15) is 40.2 Å². The quantitative estimate of drug-likeness (QED) is 0.376. The van der Waals surface area contributed by atoms with Gasteiger partial charge in [0.05, 0.1) is 11.3 Å². The van der Waals surface area contributed by atoms with Gasteiger partial charge in [-0.15, -0.1) is 0 Å². The molecule has 8 heteroatoms. The molecular formula is C27H23BrN2O5. The van der Waals surface area contributed by atoms with Crippen LogP contribution in [0.4, 0.5) is 10.5 Å². The molecule has 3 aromatic carbocycles. The molecule has 1 unspecified atom stereocenters. The number of aromatic carboxylic acids is 1. The van der Waals surface area contributed by atoms with Crippen molar-refractivity contribution in [2.24, 2.45) is 5.92 Å². The second-order valence-electron chi connectivity index (χ2n) is 8.77. The number of rotatable bonds is 7. The Morgan fingerprint density at radius 3 is 2.20 bits per heavy atom. The number of halogens is 1. The van der Waals surface area contributed by atoms with E-state index in [1.165, 1.54) is 12.1 Å². The molecule has 2 aliphatic rings. The van der Waals surface area contributed by atoms with E-state index in [0.29, 0.717) is 4.47 Å². The number of benzene rings is 3. The van der Waals surface area contributed by atoms with Crippen LogP contribution < -0.4 is 10.6 Å². The molecule has 2 aliphatic carbocycles. The van der Waals surface area contributed by atoms with Gasteiger partial charge in [-0.05, 0) is 59.2 Å². The van der Waals surface area contributed by atoms with Gasteiger partial charge >= 0.3 is 12.1 Å². The Kier molecular flexibility index (Phi) is 6.30. The molecule has 1 fully saturated rings. The molecule has 1 saturated carbocycles. The first-order chi connectivity index (χ1) is 16.9. The van der Waals surface area contributed by atoms with E-state index in [0.717, 1.165) is 35.1 Å². The van der Waals surface area contributed by atoms with E-state index < -0.39 is 24.0 Å². The van der Waals surface area contributed by atoms with Gasteiger partial charge in [0.2, 0.25) is 5.91 Å². The number of alkyl carbamates (subject to hydrolysis) is 1. The third kappa shape index (κ3) is 4.79. The highest BCUT2D eigenvalue weighted by Gasteiger charge is 2.38. The first-order valence-corrected chi connectivity index (χ1v) is 12.2. The Labute approximate surface area is 210 Å². The summed E-state index contributed by atoms with van der Waals surface area (Å²) in [5, 5.41) is 14.8. The number of fused-ring (bicyclic) bond motifs is 3. The molecule has 0 heterocycles. The van der Waals surface area contributed by atoms with Gasteiger partial charge in [-0.3, -0.25) is 4.79 Å². The number of carboxylic acids is 1. The summed E-state index contributed by atoms with van der Waals surface area (Å²) in [5.74, 6) is -1.72. The van der Waals surface area contributed by atoms with Crippen LogP contribution in [0.5, 0.6) is 0 Å². The van der Waals surface area contributed by atoms with Crippen molar-refractivity contribution >= 4 is 39.6 Å². The van der Waals surface area contributed by atoms with Crippen molar-refractivity contribution in [1.82, 2.24) is 5.32 Å². The molecule has 0 aliphatic heterocycles. The largest absolute Gasteiger partial charge is 0.478 e. The zero-order valence-electron chi connectivity index (χ0n) is 18.7. The number of carboxylic acid groups (broad SMARTS) is 1. The lowest BCUT2D eigenvalue weighted by Gasteiger charge is -2.20. The van der Waals surface area contributed by atoms with E-state index in [9.17, 15) is 19.5 Å². The smallest absolute Gasteiger partial charge is 0.407 e. The Balaban J connectivity index is 1.26. The van der Waals surface area contributed by atoms with Crippen LogP contribution in [0.2, 0.25) is 0 Å². The molecule has 2 amide bonds. The van der Waals surface area contributed by atoms with Crippen molar-refractivity contribution in [3.05, 3.63) is 87.9 Å². The number of hydrogen-bond acceptors (Lipinski definition) is 4. The van der Waals surface area contributed by atoms with Crippen molar-refractivity contribution < 1.29 is 24.2 Å². The van der Waals surface area contributed by atoms with Crippen molar-refractivity contribution in [2.45, 2.75) is 24.8 Å². The van der Waals surface area contributed by atoms with E-state index in [1.807, 2.05) is 36.4 Å². The van der Waals surface area contributed by atoms with E-state index in [1.54, 1.807) is 6.07 Å². The zero-order chi connectivity index (χ0) is 24.5. The van der Waals surface area contributed by atoms with Gasteiger partial charge in [0, 0.05) is 10.4 Å². The van der Waals surface area contributed by atoms with E-state index in [4.69, 9.17) is 4.74 Å². The summed E-state index contributed by atoms with van der Waals surface area (Å²) < 4.78 is 6.18. The molecule has 35 heavy (non-hydrogen) atoms. The number of hydrogen-bond donors (Lipinski definition) is 3. The molecule has 0 saturated heterocycles. The molecule has 0 radical (unpaired) electrons. The first kappa shape index (κ1) is 23.1. The highest BCUT2D eigenvalue weighted by molar-refractivity contribution is 9.10. The van der Waals surface area contributed by atoms with Crippen LogP contribution in [0.3, 0.4) is 0 Å². The van der Waals surface area contributed by atoms with Crippen molar-refractivity contribution in [3.63, 3.8) is 0 Å². The summed E-state index contributed by atoms with van der Waals surface area (Å²) in [6, 6.07) is 19.9. The summed E-state index contributed by atoms with van der Waals surface area (Å²) in [7, 11) is 0. The Morgan fingerprint density at radius 2 is 1.60 bits per heavy atom. The predicted octanol–water partition coefficient (Wildman–Crippen LogP) is 5.40. The van der Waals surface area contributed by atoms with Crippen LogP contribution in [0, 0.1) is 5.92 Å². The van der Waals surface area contributed by atoms with Gasteiger partial charge in [-0.25, -0.2) is 9.59 Å². The van der Waals surface area contributed by atoms with Gasteiger partial charge in [0.1, 0.15) is 12.6 Å². The molecule has 178 valence electrons. The molecule has 0 spiro atoms. The van der Waals surface area contributed by atoms with Gasteiger partial charge in [-0.1, -0.05) is 64.5 Å². The SMILES string of the molecule is O=C(NC(C(=O)Nc1ccc(Br)cc1C(=O)O)C1CC1)OCC1c2ccccc2-c2ccccc21. The van der Waals surface area contributed by atoms with E-state index in [-0.39, 0.29) is 29.7 Å². The van der Waals surface area contributed by atoms with Crippen LogP contribution >= 0.6 is 15.9 Å². The van der Waals surface area contributed by atoms with Crippen LogP contribution in [0.25, 0.3) is 11.1 Å². The van der Waals surface area contributed by atoms with Crippen molar-refractivity contribution in [2.75, 3.05) is 11.9 Å². The summed E-state index contributed by atoms with van der Waals surface area (Å²) >= 11 is 3.24. The lowest BCUT2D eigenvalue weighted by Crippen LogP contribution is -2.45. The van der Waals surface area contributed by atoms with Gasteiger partial charge < -0.3 is 20.5 Å². The number of ether oxygens (including phenoxy) is 1. The Bertz CT molecular complexity index is 1270. The minimum atomic E-state index is -1.16. The fraction of sp³-hybridized carbons (Fsp3) is 0.222. The molecule has 5 rings (SSSR count). The Hall–Kier alpha value is -3.65. The third-order valence-electron chi connectivity index (χ3n) is 6.46. The molecular weight excluding hydrogens is 512 g/mol.